The molecule has 0 amide bonds. The van der Waals surface area contributed by atoms with Crippen LogP contribution in [0.15, 0.2) is 83.9 Å². The van der Waals surface area contributed by atoms with Gasteiger partial charge in [-0.3, -0.25) is 5.10 Å². The normalized spacial score (nSPS) is 18.5. The molecule has 0 saturated heterocycles. The zero-order valence-electron chi connectivity index (χ0n) is 20.4. The van der Waals surface area contributed by atoms with Crippen molar-refractivity contribution in [2.24, 2.45) is 10.9 Å². The molecule has 4 aromatic rings. The van der Waals surface area contributed by atoms with E-state index in [9.17, 15) is 9.50 Å². The summed E-state index contributed by atoms with van der Waals surface area (Å²) in [7, 11) is 0. The lowest BCUT2D eigenvalue weighted by atomic mass is 9.73. The molecule has 3 aromatic carbocycles. The fraction of sp³-hybridized carbons (Fsp3) is 0.226. The highest BCUT2D eigenvalue weighted by Gasteiger charge is 2.27. The number of ether oxygens (including phenoxy) is 1. The number of allylic oxidation sites excluding steroid dienone is 1. The summed E-state index contributed by atoms with van der Waals surface area (Å²) in [5, 5.41) is 16.3. The minimum Gasteiger partial charge on any atom is -0.470 e. The average molecular weight is 494 g/mol. The van der Waals surface area contributed by atoms with Crippen LogP contribution in [-0.2, 0) is 4.74 Å². The molecule has 6 heteroatoms. The monoisotopic (exact) mass is 493 g/mol. The molecular formula is C31H28FN3O2. The standard InChI is InChI=1S/C31H28FN3O2/c32-31-26-17-24(14-15-27(26)34-35-31)30(29(22-7-4-8-22)21-5-2-1-3-6-21)23-12-9-20(10-13-23)11-16-28-33-18-25(19-36)37-28/h1-3,5-6,9-17,22,25,36H,4,7-8,18-19H2,(H,34,35)/b16-11+,30-29-. The lowest BCUT2D eigenvalue weighted by Gasteiger charge is -2.31. The number of aliphatic hydroxyl groups is 1. The predicted molar refractivity (Wildman–Crippen MR) is 145 cm³/mol. The van der Waals surface area contributed by atoms with Crippen molar-refractivity contribution in [2.75, 3.05) is 13.2 Å². The van der Waals surface area contributed by atoms with Gasteiger partial charge in [0.05, 0.1) is 24.1 Å². The van der Waals surface area contributed by atoms with Gasteiger partial charge < -0.3 is 9.84 Å². The molecule has 37 heavy (non-hydrogen) atoms. The van der Waals surface area contributed by atoms with Crippen molar-refractivity contribution < 1.29 is 14.2 Å². The van der Waals surface area contributed by atoms with Crippen molar-refractivity contribution in [1.29, 1.82) is 0 Å². The number of aromatic amines is 1. The van der Waals surface area contributed by atoms with Crippen LogP contribution in [0.25, 0.3) is 28.1 Å². The van der Waals surface area contributed by atoms with E-state index in [2.05, 4.69) is 63.7 Å². The molecule has 6 rings (SSSR count). The smallest absolute Gasteiger partial charge is 0.216 e. The summed E-state index contributed by atoms with van der Waals surface area (Å²) in [4.78, 5) is 4.31. The van der Waals surface area contributed by atoms with Gasteiger partial charge >= 0.3 is 0 Å². The summed E-state index contributed by atoms with van der Waals surface area (Å²) < 4.78 is 20.1. The summed E-state index contributed by atoms with van der Waals surface area (Å²) in [6, 6.07) is 24.8. The molecule has 2 N–H and O–H groups in total. The largest absolute Gasteiger partial charge is 0.470 e. The molecule has 1 aromatic heterocycles. The number of aliphatic hydroxyl groups excluding tert-OH is 1. The van der Waals surface area contributed by atoms with Gasteiger partial charge in [0.2, 0.25) is 11.8 Å². The zero-order chi connectivity index (χ0) is 25.2. The van der Waals surface area contributed by atoms with Crippen LogP contribution in [0, 0.1) is 11.9 Å². The van der Waals surface area contributed by atoms with Crippen molar-refractivity contribution in [3.05, 3.63) is 107 Å². The maximum atomic E-state index is 14.5. The lowest BCUT2D eigenvalue weighted by Crippen LogP contribution is -2.16. The van der Waals surface area contributed by atoms with E-state index in [1.165, 1.54) is 17.6 Å². The van der Waals surface area contributed by atoms with Crippen LogP contribution in [0.3, 0.4) is 0 Å². The third kappa shape index (κ3) is 4.72. The minimum absolute atomic E-state index is 0.0378. The second-order valence-corrected chi connectivity index (χ2v) is 9.61. The highest BCUT2D eigenvalue weighted by molar-refractivity contribution is 6.01. The number of fused-ring (bicyclic) bond motifs is 1. The Morgan fingerprint density at radius 3 is 2.46 bits per heavy atom. The number of nitrogens with one attached hydrogen (secondary N) is 1. The number of nitrogens with zero attached hydrogens (tertiary/aromatic N) is 2. The molecule has 1 fully saturated rings. The number of aliphatic imine (C=N–C) groups is 1. The molecule has 2 aliphatic rings. The summed E-state index contributed by atoms with van der Waals surface area (Å²) in [5.41, 5.74) is 7.33. The molecule has 0 radical (unpaired) electrons. The number of aromatic nitrogens is 2. The van der Waals surface area contributed by atoms with Gasteiger partial charge in [-0.05, 0) is 70.4 Å². The highest BCUT2D eigenvalue weighted by Crippen LogP contribution is 2.45. The molecule has 0 bridgehead atoms. The van der Waals surface area contributed by atoms with E-state index < -0.39 is 5.95 Å². The van der Waals surface area contributed by atoms with Crippen molar-refractivity contribution in [1.82, 2.24) is 10.2 Å². The van der Waals surface area contributed by atoms with Gasteiger partial charge in [-0.15, -0.1) is 0 Å². The maximum absolute atomic E-state index is 14.5. The SMILES string of the molecule is OCC1CN=C(/C=C/c2ccc(/C(=C(\c3ccccc3)C3CCC3)c3ccc4n[nH]c(F)c4c3)cc2)O1. The molecular weight excluding hydrogens is 465 g/mol. The van der Waals surface area contributed by atoms with E-state index in [1.54, 1.807) is 0 Å². The number of benzene rings is 3. The Bertz CT molecular complexity index is 1500. The quantitative estimate of drug-likeness (QED) is 0.298. The van der Waals surface area contributed by atoms with Crippen LogP contribution in [0.1, 0.15) is 41.5 Å². The van der Waals surface area contributed by atoms with Crippen LogP contribution in [0.5, 0.6) is 0 Å². The van der Waals surface area contributed by atoms with Gasteiger partial charge in [0.1, 0.15) is 6.10 Å². The molecule has 5 nitrogen and oxygen atoms in total. The summed E-state index contributed by atoms with van der Waals surface area (Å²) in [6.07, 6.45) is 7.05. The number of hydrogen-bond donors (Lipinski definition) is 2. The van der Waals surface area contributed by atoms with Crippen LogP contribution in [0.2, 0.25) is 0 Å². The summed E-state index contributed by atoms with van der Waals surface area (Å²) >= 11 is 0. The Kier molecular flexibility index (Phi) is 6.41. The van der Waals surface area contributed by atoms with Gasteiger partial charge in [0.25, 0.3) is 0 Å². The first-order valence-electron chi connectivity index (χ1n) is 12.7. The van der Waals surface area contributed by atoms with Crippen molar-refractivity contribution in [3.63, 3.8) is 0 Å². The third-order valence-corrected chi connectivity index (χ3v) is 7.22. The van der Waals surface area contributed by atoms with E-state index in [0.29, 0.717) is 29.3 Å². The fourth-order valence-electron chi connectivity index (χ4n) is 5.06. The lowest BCUT2D eigenvalue weighted by molar-refractivity contribution is 0.130. The summed E-state index contributed by atoms with van der Waals surface area (Å²) in [5.74, 6) is 0.580. The second-order valence-electron chi connectivity index (χ2n) is 9.61. The Hall–Kier alpha value is -4.03. The molecule has 1 unspecified atom stereocenters. The molecule has 0 spiro atoms. The number of rotatable bonds is 7. The van der Waals surface area contributed by atoms with Crippen LogP contribution < -0.4 is 0 Å². The number of H-pyrrole nitrogens is 1. The third-order valence-electron chi connectivity index (χ3n) is 7.22. The van der Waals surface area contributed by atoms with Gasteiger partial charge in [0, 0.05) is 6.08 Å². The Balaban J connectivity index is 1.44. The summed E-state index contributed by atoms with van der Waals surface area (Å²) in [6.45, 7) is 0.443. The number of hydrogen-bond acceptors (Lipinski definition) is 4. The van der Waals surface area contributed by atoms with Crippen LogP contribution in [-0.4, -0.2) is 40.5 Å². The van der Waals surface area contributed by atoms with E-state index in [-0.39, 0.29) is 12.7 Å². The maximum Gasteiger partial charge on any atom is 0.216 e. The van der Waals surface area contributed by atoms with E-state index in [4.69, 9.17) is 4.74 Å². The Morgan fingerprint density at radius 1 is 0.973 bits per heavy atom. The highest BCUT2D eigenvalue weighted by atomic mass is 19.1. The average Bonchev–Trinajstić information content (AvgIpc) is 3.53. The first-order valence-corrected chi connectivity index (χ1v) is 12.7. The molecule has 186 valence electrons. The molecule has 1 aliphatic carbocycles. The number of halogens is 1. The van der Waals surface area contributed by atoms with Crippen molar-refractivity contribution in [3.8, 4) is 0 Å². The predicted octanol–water partition coefficient (Wildman–Crippen LogP) is 6.26. The molecule has 2 heterocycles. The van der Waals surface area contributed by atoms with Crippen LogP contribution in [0.4, 0.5) is 4.39 Å². The van der Waals surface area contributed by atoms with Gasteiger partial charge in [-0.1, -0.05) is 67.1 Å². The van der Waals surface area contributed by atoms with E-state index >= 15 is 0 Å². The molecule has 1 atom stereocenters. The Labute approximate surface area is 215 Å². The Morgan fingerprint density at radius 2 is 1.76 bits per heavy atom. The fourth-order valence-corrected chi connectivity index (χ4v) is 5.06. The second kappa shape index (κ2) is 10.1. The first-order chi connectivity index (χ1) is 18.2. The molecule has 1 saturated carbocycles. The van der Waals surface area contributed by atoms with E-state index in [1.807, 2.05) is 36.4 Å². The first kappa shape index (κ1) is 23.4. The van der Waals surface area contributed by atoms with Crippen molar-refractivity contribution in [2.45, 2.75) is 25.4 Å². The van der Waals surface area contributed by atoms with Gasteiger partial charge in [0.15, 0.2) is 0 Å². The van der Waals surface area contributed by atoms with Gasteiger partial charge in [-0.25, -0.2) is 4.99 Å². The van der Waals surface area contributed by atoms with E-state index in [0.717, 1.165) is 35.1 Å². The minimum atomic E-state index is -0.415. The topological polar surface area (TPSA) is 70.5 Å². The van der Waals surface area contributed by atoms with Crippen molar-refractivity contribution >= 4 is 34.0 Å². The van der Waals surface area contributed by atoms with Gasteiger partial charge in [-0.2, -0.15) is 9.49 Å². The molecule has 1 aliphatic heterocycles. The van der Waals surface area contributed by atoms with Crippen LogP contribution >= 0.6 is 0 Å². The zero-order valence-corrected chi connectivity index (χ0v) is 20.4.